The minimum atomic E-state index is -1.19. The SMILES string of the molecule is CC.CC=C\C=C/C=C1\Cc2ccccc2\C1=C(\C#N)C(=O)O. The number of rotatable bonds is 3. The van der Waals surface area contributed by atoms with Crippen molar-refractivity contribution in [3.8, 4) is 6.07 Å². The van der Waals surface area contributed by atoms with Gasteiger partial charge in [-0.25, -0.2) is 4.79 Å². The lowest BCUT2D eigenvalue weighted by Gasteiger charge is -2.03. The summed E-state index contributed by atoms with van der Waals surface area (Å²) in [5.41, 5.74) is 3.07. The van der Waals surface area contributed by atoms with Crippen LogP contribution < -0.4 is 0 Å². The molecule has 0 aliphatic heterocycles. The Balaban J connectivity index is 0.00000127. The van der Waals surface area contributed by atoms with Crippen LogP contribution >= 0.6 is 0 Å². The van der Waals surface area contributed by atoms with Crippen molar-refractivity contribution < 1.29 is 9.90 Å². The molecule has 0 saturated heterocycles. The quantitative estimate of drug-likeness (QED) is 0.500. The third kappa shape index (κ3) is 4.31. The molecule has 2 rings (SSSR count). The largest absolute Gasteiger partial charge is 0.477 e. The zero-order valence-electron chi connectivity index (χ0n) is 13.7. The summed E-state index contributed by atoms with van der Waals surface area (Å²) in [6.07, 6.45) is 10.1. The van der Waals surface area contributed by atoms with Gasteiger partial charge in [-0.3, -0.25) is 0 Å². The predicted molar refractivity (Wildman–Crippen MR) is 93.7 cm³/mol. The van der Waals surface area contributed by atoms with Crippen LogP contribution in [-0.2, 0) is 11.2 Å². The highest BCUT2D eigenvalue weighted by Crippen LogP contribution is 2.38. The maximum Gasteiger partial charge on any atom is 0.347 e. The molecule has 0 aromatic heterocycles. The predicted octanol–water partition coefficient (Wildman–Crippen LogP) is 4.69. The summed E-state index contributed by atoms with van der Waals surface area (Å²) in [6.45, 7) is 5.92. The van der Waals surface area contributed by atoms with Gasteiger partial charge in [-0.1, -0.05) is 68.5 Å². The Kier molecular flexibility index (Phi) is 7.29. The number of carbonyl (C=O) groups is 1. The Morgan fingerprint density at radius 2 is 1.91 bits per heavy atom. The van der Waals surface area contributed by atoms with E-state index in [4.69, 9.17) is 5.26 Å². The van der Waals surface area contributed by atoms with Crippen LogP contribution in [0.25, 0.3) is 5.57 Å². The highest BCUT2D eigenvalue weighted by Gasteiger charge is 2.26. The standard InChI is InChI=1S/C18H15NO2.C2H6/c1-2-3-4-5-9-14-11-13-8-6-7-10-15(13)17(14)16(12-19)18(20)21;1-2/h2-10H,11H2,1H3,(H,20,21);1-2H3/b3-2?,5-4-,14-9+,17-16-;. The van der Waals surface area contributed by atoms with E-state index in [9.17, 15) is 9.90 Å². The first-order valence-corrected chi connectivity index (χ1v) is 7.64. The molecule has 0 atom stereocenters. The van der Waals surface area contributed by atoms with Gasteiger partial charge in [0.25, 0.3) is 0 Å². The second-order valence-electron chi connectivity index (χ2n) is 4.60. The van der Waals surface area contributed by atoms with E-state index in [2.05, 4.69) is 0 Å². The molecule has 1 aliphatic carbocycles. The van der Waals surface area contributed by atoms with Gasteiger partial charge in [0.1, 0.15) is 11.6 Å². The molecule has 0 heterocycles. The summed E-state index contributed by atoms with van der Waals surface area (Å²) < 4.78 is 0. The summed E-state index contributed by atoms with van der Waals surface area (Å²) in [5, 5.41) is 18.4. The highest BCUT2D eigenvalue weighted by molar-refractivity contribution is 6.06. The summed E-state index contributed by atoms with van der Waals surface area (Å²) >= 11 is 0. The third-order valence-corrected chi connectivity index (χ3v) is 3.28. The van der Waals surface area contributed by atoms with Crippen molar-refractivity contribution in [2.45, 2.75) is 27.2 Å². The van der Waals surface area contributed by atoms with Crippen LogP contribution in [0, 0.1) is 11.3 Å². The van der Waals surface area contributed by atoms with Crippen molar-refractivity contribution in [1.82, 2.24) is 0 Å². The summed E-state index contributed by atoms with van der Waals surface area (Å²) in [7, 11) is 0. The Hall–Kier alpha value is -2.86. The van der Waals surface area contributed by atoms with Gasteiger partial charge in [0.05, 0.1) is 0 Å². The zero-order valence-corrected chi connectivity index (χ0v) is 13.7. The average Bonchev–Trinajstić information content (AvgIpc) is 2.92. The van der Waals surface area contributed by atoms with E-state index in [0.717, 1.165) is 16.7 Å². The lowest BCUT2D eigenvalue weighted by Crippen LogP contribution is -2.02. The normalized spacial score (nSPS) is 16.9. The van der Waals surface area contributed by atoms with Crippen LogP contribution in [0.2, 0.25) is 0 Å². The van der Waals surface area contributed by atoms with Crippen LogP contribution in [0.15, 0.2) is 65.8 Å². The molecule has 118 valence electrons. The first kappa shape index (κ1) is 18.2. The lowest BCUT2D eigenvalue weighted by molar-refractivity contribution is -0.132. The van der Waals surface area contributed by atoms with Gasteiger partial charge in [-0.15, -0.1) is 0 Å². The van der Waals surface area contributed by atoms with Crippen LogP contribution in [0.4, 0.5) is 0 Å². The lowest BCUT2D eigenvalue weighted by atomic mass is 9.99. The molecule has 0 radical (unpaired) electrons. The smallest absolute Gasteiger partial charge is 0.347 e. The van der Waals surface area contributed by atoms with E-state index >= 15 is 0 Å². The first-order valence-electron chi connectivity index (χ1n) is 7.64. The van der Waals surface area contributed by atoms with Crippen LogP contribution in [-0.4, -0.2) is 11.1 Å². The number of hydrogen-bond donors (Lipinski definition) is 1. The number of nitrogens with zero attached hydrogens (tertiary/aromatic N) is 1. The fourth-order valence-electron chi connectivity index (χ4n) is 2.38. The molecule has 3 heteroatoms. The van der Waals surface area contributed by atoms with E-state index in [1.165, 1.54) is 0 Å². The van der Waals surface area contributed by atoms with Gasteiger partial charge in [0, 0.05) is 5.57 Å². The maximum absolute atomic E-state index is 11.3. The molecular weight excluding hydrogens is 286 g/mol. The van der Waals surface area contributed by atoms with Gasteiger partial charge in [-0.05, 0) is 30.0 Å². The Morgan fingerprint density at radius 1 is 1.22 bits per heavy atom. The summed E-state index contributed by atoms with van der Waals surface area (Å²) in [5.74, 6) is -1.19. The number of benzene rings is 1. The van der Waals surface area contributed by atoms with E-state index in [-0.39, 0.29) is 5.57 Å². The monoisotopic (exact) mass is 307 g/mol. The third-order valence-electron chi connectivity index (χ3n) is 3.28. The Labute approximate surface area is 137 Å². The molecule has 0 spiro atoms. The number of aliphatic carboxylic acids is 1. The van der Waals surface area contributed by atoms with E-state index in [1.807, 2.05) is 81.5 Å². The van der Waals surface area contributed by atoms with Crippen molar-refractivity contribution in [2.75, 3.05) is 0 Å². The van der Waals surface area contributed by atoms with Gasteiger partial charge in [0.15, 0.2) is 0 Å². The molecule has 1 aromatic rings. The topological polar surface area (TPSA) is 61.1 Å². The molecular formula is C20H21NO2. The number of carboxylic acids is 1. The number of allylic oxidation sites excluding steroid dienone is 7. The number of nitriles is 1. The zero-order chi connectivity index (χ0) is 17.2. The Morgan fingerprint density at radius 3 is 2.52 bits per heavy atom. The fourth-order valence-corrected chi connectivity index (χ4v) is 2.38. The second kappa shape index (κ2) is 9.22. The van der Waals surface area contributed by atoms with Crippen molar-refractivity contribution in [3.05, 3.63) is 76.9 Å². The van der Waals surface area contributed by atoms with E-state index in [1.54, 1.807) is 0 Å². The second-order valence-corrected chi connectivity index (χ2v) is 4.60. The molecule has 0 amide bonds. The summed E-state index contributed by atoms with van der Waals surface area (Å²) in [4.78, 5) is 11.3. The van der Waals surface area contributed by atoms with Crippen molar-refractivity contribution in [2.24, 2.45) is 0 Å². The van der Waals surface area contributed by atoms with Crippen LogP contribution in [0.5, 0.6) is 0 Å². The maximum atomic E-state index is 11.3. The number of hydrogen-bond acceptors (Lipinski definition) is 2. The molecule has 0 fully saturated rings. The minimum absolute atomic E-state index is 0.203. The molecule has 23 heavy (non-hydrogen) atoms. The minimum Gasteiger partial charge on any atom is -0.477 e. The molecule has 1 aliphatic rings. The van der Waals surface area contributed by atoms with Gasteiger partial charge >= 0.3 is 5.97 Å². The van der Waals surface area contributed by atoms with Gasteiger partial charge < -0.3 is 5.11 Å². The van der Waals surface area contributed by atoms with Gasteiger partial charge in [0.2, 0.25) is 0 Å². The first-order chi connectivity index (χ1) is 11.2. The molecule has 1 N–H and O–H groups in total. The van der Waals surface area contributed by atoms with Crippen molar-refractivity contribution in [3.63, 3.8) is 0 Å². The molecule has 3 nitrogen and oxygen atoms in total. The number of fused-ring (bicyclic) bond motifs is 1. The Bertz CT molecular complexity index is 728. The van der Waals surface area contributed by atoms with Gasteiger partial charge in [-0.2, -0.15) is 5.26 Å². The molecule has 1 aromatic carbocycles. The molecule has 0 unspecified atom stereocenters. The van der Waals surface area contributed by atoms with Crippen LogP contribution in [0.1, 0.15) is 31.9 Å². The van der Waals surface area contributed by atoms with E-state index in [0.29, 0.717) is 12.0 Å². The van der Waals surface area contributed by atoms with E-state index < -0.39 is 5.97 Å². The fraction of sp³-hybridized carbons (Fsp3) is 0.200. The van der Waals surface area contributed by atoms with Crippen LogP contribution in [0.3, 0.4) is 0 Å². The number of carboxylic acid groups (broad SMARTS) is 1. The van der Waals surface area contributed by atoms with Crippen molar-refractivity contribution >= 4 is 11.5 Å². The van der Waals surface area contributed by atoms with Crippen molar-refractivity contribution in [1.29, 1.82) is 5.26 Å². The molecule has 0 saturated carbocycles. The summed E-state index contributed by atoms with van der Waals surface area (Å²) in [6, 6.07) is 9.41. The highest BCUT2D eigenvalue weighted by atomic mass is 16.4. The average molecular weight is 307 g/mol. The molecule has 0 bridgehead atoms.